The Bertz CT molecular complexity index is 702. The molecule has 4 unspecified atom stereocenters. The minimum atomic E-state index is -1.26. The maximum atomic E-state index is 12.5. The van der Waals surface area contributed by atoms with Crippen LogP contribution in [0, 0.1) is 0 Å². The van der Waals surface area contributed by atoms with Crippen molar-refractivity contribution >= 4 is 5.91 Å². The lowest BCUT2D eigenvalue weighted by Gasteiger charge is -2.27. The van der Waals surface area contributed by atoms with Crippen LogP contribution in [0.4, 0.5) is 0 Å². The molecule has 49 heavy (non-hydrogen) atoms. The third-order valence-corrected chi connectivity index (χ3v) is 10.2. The van der Waals surface area contributed by atoms with Crippen LogP contribution in [0.5, 0.6) is 0 Å². The van der Waals surface area contributed by atoms with E-state index in [9.17, 15) is 25.2 Å². The number of nitrogens with one attached hydrogen (secondary N) is 1. The minimum absolute atomic E-state index is 0.371. The molecule has 0 radical (unpaired) electrons. The van der Waals surface area contributed by atoms with E-state index in [2.05, 4.69) is 31.3 Å². The van der Waals surface area contributed by atoms with E-state index >= 15 is 0 Å². The number of hydrogen-bond acceptors (Lipinski definition) is 5. The van der Waals surface area contributed by atoms with Gasteiger partial charge in [-0.3, -0.25) is 4.79 Å². The number of carbonyl (C=O) groups excluding carboxylic acids is 1. The topological polar surface area (TPSA) is 110 Å². The number of allylic oxidation sites excluding steroid dienone is 2. The van der Waals surface area contributed by atoms with Crippen molar-refractivity contribution in [3.05, 3.63) is 12.2 Å². The molecule has 0 aromatic carbocycles. The van der Waals surface area contributed by atoms with Gasteiger partial charge in [-0.25, -0.2) is 0 Å². The first-order valence-electron chi connectivity index (χ1n) is 21.6. The van der Waals surface area contributed by atoms with Crippen molar-refractivity contribution in [3.8, 4) is 0 Å². The van der Waals surface area contributed by atoms with Gasteiger partial charge in [0, 0.05) is 0 Å². The number of amides is 1. The maximum Gasteiger partial charge on any atom is 0.249 e. The second kappa shape index (κ2) is 38.3. The molecule has 0 saturated carbocycles. The van der Waals surface area contributed by atoms with Crippen LogP contribution in [0.2, 0.25) is 0 Å². The zero-order chi connectivity index (χ0) is 36.0. The summed E-state index contributed by atoms with van der Waals surface area (Å²) in [6.45, 7) is 4.04. The van der Waals surface area contributed by atoms with Crippen molar-refractivity contribution < 1.29 is 25.2 Å². The van der Waals surface area contributed by atoms with Crippen molar-refractivity contribution in [3.63, 3.8) is 0 Å². The fourth-order valence-corrected chi connectivity index (χ4v) is 6.75. The standard InChI is InChI=1S/C43H85NO5/c1-3-5-7-9-11-13-15-17-19-20-21-23-25-27-29-31-33-35-37-41(47)43(49)44-39(38-45)42(48)40(46)36-34-32-30-28-26-24-22-18-16-14-12-10-8-6-4-2/h18,22,39-42,45-48H,3-17,19-21,23-38H2,1-2H3,(H,44,49)/b22-18+. The molecular formula is C43H85NO5. The van der Waals surface area contributed by atoms with E-state index in [-0.39, 0.29) is 0 Å². The summed E-state index contributed by atoms with van der Waals surface area (Å²) in [5, 5.41) is 43.6. The molecule has 5 N–H and O–H groups in total. The van der Waals surface area contributed by atoms with E-state index in [0.717, 1.165) is 51.4 Å². The van der Waals surface area contributed by atoms with Gasteiger partial charge in [0.2, 0.25) is 5.91 Å². The monoisotopic (exact) mass is 696 g/mol. The Morgan fingerprint density at radius 3 is 1.18 bits per heavy atom. The van der Waals surface area contributed by atoms with Crippen molar-refractivity contribution in [2.24, 2.45) is 0 Å². The molecular weight excluding hydrogens is 610 g/mol. The highest BCUT2D eigenvalue weighted by Gasteiger charge is 2.28. The average Bonchev–Trinajstić information content (AvgIpc) is 3.11. The molecule has 4 atom stereocenters. The highest BCUT2D eigenvalue weighted by atomic mass is 16.3. The SMILES string of the molecule is CCCCCCCC/C=C/CCCCCCCC(O)C(O)C(CO)NC(=O)C(O)CCCCCCCCCCCCCCCCCCCC. The second-order valence-electron chi connectivity index (χ2n) is 15.0. The largest absolute Gasteiger partial charge is 0.394 e. The summed E-state index contributed by atoms with van der Waals surface area (Å²) in [5.41, 5.74) is 0. The summed E-state index contributed by atoms with van der Waals surface area (Å²) in [5.74, 6) is -0.585. The predicted molar refractivity (Wildman–Crippen MR) is 210 cm³/mol. The molecule has 0 aliphatic rings. The highest BCUT2D eigenvalue weighted by molar-refractivity contribution is 5.80. The Balaban J connectivity index is 3.74. The Morgan fingerprint density at radius 2 is 0.816 bits per heavy atom. The number of aliphatic hydroxyl groups excluding tert-OH is 4. The second-order valence-corrected chi connectivity index (χ2v) is 15.0. The Hall–Kier alpha value is -0.950. The van der Waals surface area contributed by atoms with Crippen molar-refractivity contribution in [2.75, 3.05) is 6.61 Å². The first-order valence-corrected chi connectivity index (χ1v) is 21.6. The third kappa shape index (κ3) is 32.7. The zero-order valence-corrected chi connectivity index (χ0v) is 32.7. The van der Waals surface area contributed by atoms with E-state index in [4.69, 9.17) is 0 Å². The van der Waals surface area contributed by atoms with Gasteiger partial charge in [-0.05, 0) is 38.5 Å². The Kier molecular flexibility index (Phi) is 37.5. The summed E-state index contributed by atoms with van der Waals surface area (Å²) >= 11 is 0. The fourth-order valence-electron chi connectivity index (χ4n) is 6.75. The summed E-state index contributed by atoms with van der Waals surface area (Å²) < 4.78 is 0. The molecule has 0 aromatic heterocycles. The van der Waals surface area contributed by atoms with E-state index in [1.165, 1.54) is 148 Å². The van der Waals surface area contributed by atoms with Gasteiger partial charge in [0.15, 0.2) is 0 Å². The van der Waals surface area contributed by atoms with Crippen LogP contribution in [0.3, 0.4) is 0 Å². The first-order chi connectivity index (χ1) is 24.0. The predicted octanol–water partition coefficient (Wildman–Crippen LogP) is 11.0. The molecule has 0 fully saturated rings. The number of carbonyl (C=O) groups is 1. The minimum Gasteiger partial charge on any atom is -0.394 e. The molecule has 1 amide bonds. The zero-order valence-electron chi connectivity index (χ0n) is 32.7. The summed E-state index contributed by atoms with van der Waals surface area (Å²) in [6, 6.07) is -0.986. The number of unbranched alkanes of at least 4 members (excludes halogenated alkanes) is 28. The number of hydrogen-bond donors (Lipinski definition) is 5. The van der Waals surface area contributed by atoms with Crippen LogP contribution < -0.4 is 5.32 Å². The molecule has 0 aromatic rings. The molecule has 6 heteroatoms. The van der Waals surface area contributed by atoms with Gasteiger partial charge in [-0.2, -0.15) is 0 Å². The summed E-state index contributed by atoms with van der Waals surface area (Å²) in [6.07, 6.45) is 40.9. The lowest BCUT2D eigenvalue weighted by atomic mass is 9.99. The van der Waals surface area contributed by atoms with Crippen LogP contribution in [0.25, 0.3) is 0 Å². The molecule has 292 valence electrons. The van der Waals surface area contributed by atoms with E-state index in [1.54, 1.807) is 0 Å². The smallest absolute Gasteiger partial charge is 0.249 e. The molecule has 0 spiro atoms. The summed E-state index contributed by atoms with van der Waals surface area (Å²) in [4.78, 5) is 12.5. The maximum absolute atomic E-state index is 12.5. The van der Waals surface area contributed by atoms with E-state index < -0.39 is 36.9 Å². The lowest BCUT2D eigenvalue weighted by Crippen LogP contribution is -2.53. The first kappa shape index (κ1) is 48.0. The Labute approximate surface area is 304 Å². The van der Waals surface area contributed by atoms with Crippen LogP contribution in [-0.2, 0) is 4.79 Å². The highest BCUT2D eigenvalue weighted by Crippen LogP contribution is 2.16. The van der Waals surface area contributed by atoms with Crippen LogP contribution in [0.1, 0.15) is 226 Å². The van der Waals surface area contributed by atoms with Gasteiger partial charge in [-0.15, -0.1) is 0 Å². The molecule has 0 aliphatic heterocycles. The van der Waals surface area contributed by atoms with Crippen LogP contribution in [0.15, 0.2) is 12.2 Å². The van der Waals surface area contributed by atoms with E-state index in [1.807, 2.05) is 0 Å². The summed E-state index contributed by atoms with van der Waals surface area (Å²) in [7, 11) is 0. The van der Waals surface area contributed by atoms with Gasteiger partial charge in [0.1, 0.15) is 12.2 Å². The van der Waals surface area contributed by atoms with Crippen LogP contribution >= 0.6 is 0 Å². The molecule has 0 aliphatic carbocycles. The lowest BCUT2D eigenvalue weighted by molar-refractivity contribution is -0.132. The Morgan fingerprint density at radius 1 is 0.490 bits per heavy atom. The molecule has 0 heterocycles. The van der Waals surface area contributed by atoms with Crippen LogP contribution in [-0.4, -0.2) is 57.3 Å². The normalized spacial score (nSPS) is 14.3. The molecule has 0 saturated heterocycles. The van der Waals surface area contributed by atoms with Gasteiger partial charge in [-0.1, -0.05) is 199 Å². The number of rotatable bonds is 39. The van der Waals surface area contributed by atoms with Gasteiger partial charge >= 0.3 is 0 Å². The van der Waals surface area contributed by atoms with Crippen molar-refractivity contribution in [2.45, 2.75) is 250 Å². The average molecular weight is 696 g/mol. The van der Waals surface area contributed by atoms with Crippen molar-refractivity contribution in [1.29, 1.82) is 0 Å². The fraction of sp³-hybridized carbons (Fsp3) is 0.930. The molecule has 6 nitrogen and oxygen atoms in total. The van der Waals surface area contributed by atoms with Crippen molar-refractivity contribution in [1.82, 2.24) is 5.32 Å². The quantitative estimate of drug-likeness (QED) is 0.0325. The van der Waals surface area contributed by atoms with Gasteiger partial charge in [0.05, 0.1) is 18.8 Å². The third-order valence-electron chi connectivity index (χ3n) is 10.2. The molecule has 0 bridgehead atoms. The molecule has 0 rings (SSSR count). The van der Waals surface area contributed by atoms with E-state index in [0.29, 0.717) is 12.8 Å². The number of aliphatic hydroxyl groups is 4. The van der Waals surface area contributed by atoms with Gasteiger partial charge in [0.25, 0.3) is 0 Å². The van der Waals surface area contributed by atoms with Gasteiger partial charge < -0.3 is 25.7 Å².